The number of amides is 3. The van der Waals surface area contributed by atoms with Crippen LogP contribution in [0.25, 0.3) is 17.1 Å². The van der Waals surface area contributed by atoms with E-state index in [9.17, 15) is 35.9 Å². The number of pyridine rings is 1. The van der Waals surface area contributed by atoms with Crippen LogP contribution in [0.4, 0.5) is 42.5 Å². The van der Waals surface area contributed by atoms with Crippen molar-refractivity contribution in [3.63, 3.8) is 0 Å². The van der Waals surface area contributed by atoms with Crippen molar-refractivity contribution < 1.29 is 40.7 Å². The number of carbonyl (C=O) groups excluding carboxylic acids is 2. The molecule has 2 aromatic carbocycles. The van der Waals surface area contributed by atoms with Crippen LogP contribution in [0.3, 0.4) is 0 Å². The van der Waals surface area contributed by atoms with Crippen molar-refractivity contribution in [2.75, 3.05) is 22.6 Å². The van der Waals surface area contributed by atoms with Gasteiger partial charge in [-0.3, -0.25) is 14.3 Å². The Morgan fingerprint density at radius 1 is 1.04 bits per heavy atom. The summed E-state index contributed by atoms with van der Waals surface area (Å²) in [6, 6.07) is 11.1. The SMILES string of the molecule is Cc1ccc(OCCC(F)(F)F)c(N2C(=O)CSC2=NC(=O)Nc2ccc(-c3cn(-c4ccc(C(F)(F)F)cn4)cn3)cc2C)c1. The third-order valence-corrected chi connectivity index (χ3v) is 7.57. The molecule has 240 valence electrons. The van der Waals surface area contributed by atoms with Crippen LogP contribution >= 0.6 is 11.8 Å². The molecule has 5 rings (SSSR count). The van der Waals surface area contributed by atoms with Gasteiger partial charge in [0.15, 0.2) is 5.17 Å². The molecule has 0 saturated carbocycles. The van der Waals surface area contributed by atoms with E-state index < -0.39 is 42.9 Å². The van der Waals surface area contributed by atoms with Crippen molar-refractivity contribution in [2.24, 2.45) is 4.99 Å². The Morgan fingerprint density at radius 2 is 1.83 bits per heavy atom. The number of nitrogens with one attached hydrogen (secondary N) is 1. The van der Waals surface area contributed by atoms with Crippen molar-refractivity contribution >= 4 is 40.2 Å². The van der Waals surface area contributed by atoms with E-state index in [1.165, 1.54) is 23.0 Å². The van der Waals surface area contributed by atoms with Crippen LogP contribution < -0.4 is 15.0 Å². The van der Waals surface area contributed by atoms with E-state index in [0.717, 1.165) is 28.9 Å². The number of hydrogen-bond donors (Lipinski definition) is 1. The predicted molar refractivity (Wildman–Crippen MR) is 160 cm³/mol. The van der Waals surface area contributed by atoms with E-state index >= 15 is 0 Å². The van der Waals surface area contributed by atoms with Crippen LogP contribution in [0.5, 0.6) is 5.75 Å². The number of benzene rings is 2. The number of imidazole rings is 1. The smallest absolute Gasteiger partial charge is 0.417 e. The first-order valence-corrected chi connectivity index (χ1v) is 14.5. The topological polar surface area (TPSA) is 102 Å². The molecule has 9 nitrogen and oxygen atoms in total. The first-order chi connectivity index (χ1) is 21.7. The summed E-state index contributed by atoms with van der Waals surface area (Å²) in [5, 5.41) is 2.70. The van der Waals surface area contributed by atoms with Gasteiger partial charge in [0.1, 0.15) is 17.9 Å². The molecule has 3 amide bonds. The van der Waals surface area contributed by atoms with Crippen LogP contribution in [0.1, 0.15) is 23.1 Å². The van der Waals surface area contributed by atoms with Gasteiger partial charge >= 0.3 is 18.4 Å². The van der Waals surface area contributed by atoms with E-state index in [0.29, 0.717) is 28.1 Å². The van der Waals surface area contributed by atoms with E-state index in [2.05, 4.69) is 20.3 Å². The van der Waals surface area contributed by atoms with Crippen LogP contribution in [-0.4, -0.2) is 50.2 Å². The summed E-state index contributed by atoms with van der Waals surface area (Å²) < 4.78 is 83.4. The minimum atomic E-state index is -4.50. The molecule has 1 fully saturated rings. The third kappa shape index (κ3) is 7.67. The quantitative estimate of drug-likeness (QED) is 0.205. The van der Waals surface area contributed by atoms with Gasteiger partial charge in [0.05, 0.1) is 35.7 Å². The summed E-state index contributed by atoms with van der Waals surface area (Å²) in [7, 11) is 0. The fourth-order valence-corrected chi connectivity index (χ4v) is 5.24. The van der Waals surface area contributed by atoms with Crippen molar-refractivity contribution in [3.8, 4) is 22.8 Å². The largest absolute Gasteiger partial charge is 0.491 e. The molecule has 0 aliphatic carbocycles. The maximum atomic E-state index is 12.9. The fourth-order valence-electron chi connectivity index (χ4n) is 4.38. The number of aliphatic imine (C=N–C) groups is 1. The number of anilines is 2. The molecule has 0 atom stereocenters. The van der Waals surface area contributed by atoms with Gasteiger partial charge in [-0.25, -0.2) is 14.8 Å². The molecule has 0 bridgehead atoms. The molecule has 0 unspecified atom stereocenters. The lowest BCUT2D eigenvalue weighted by Crippen LogP contribution is -2.31. The highest BCUT2D eigenvalue weighted by molar-refractivity contribution is 8.15. The van der Waals surface area contributed by atoms with Gasteiger partial charge in [-0.15, -0.1) is 0 Å². The first-order valence-electron chi connectivity index (χ1n) is 13.5. The number of aromatic nitrogens is 3. The summed E-state index contributed by atoms with van der Waals surface area (Å²) in [6.45, 7) is 2.82. The summed E-state index contributed by atoms with van der Waals surface area (Å²) in [5.41, 5.74) is 2.24. The zero-order valence-corrected chi connectivity index (χ0v) is 24.9. The zero-order chi connectivity index (χ0) is 33.2. The molecule has 1 aliphatic heterocycles. The van der Waals surface area contributed by atoms with E-state index in [1.807, 2.05) is 0 Å². The predicted octanol–water partition coefficient (Wildman–Crippen LogP) is 7.57. The summed E-state index contributed by atoms with van der Waals surface area (Å²) in [6.07, 6.45) is -6.34. The molecular formula is C30H24F6N6O3S. The van der Waals surface area contributed by atoms with Crippen LogP contribution in [-0.2, 0) is 11.0 Å². The minimum Gasteiger partial charge on any atom is -0.491 e. The molecule has 1 N–H and O–H groups in total. The van der Waals surface area contributed by atoms with E-state index in [4.69, 9.17) is 4.74 Å². The Labute approximate surface area is 262 Å². The van der Waals surface area contributed by atoms with Crippen molar-refractivity contribution in [1.82, 2.24) is 14.5 Å². The number of nitrogens with zero attached hydrogens (tertiary/aromatic N) is 5. The molecular weight excluding hydrogens is 638 g/mol. The summed E-state index contributed by atoms with van der Waals surface area (Å²) in [4.78, 5) is 39.1. The Morgan fingerprint density at radius 3 is 2.50 bits per heavy atom. The highest BCUT2D eigenvalue weighted by Gasteiger charge is 2.34. The number of thioether (sulfide) groups is 1. The number of amidine groups is 1. The molecule has 46 heavy (non-hydrogen) atoms. The standard InChI is InChI=1S/C30H24F6N6O3S/c1-17-3-7-24(45-10-9-29(31,32)33)23(11-17)42-26(43)15-46-28(42)40-27(44)39-21-6-4-19(12-18(21)2)22-14-41(16-38-22)25-8-5-20(13-37-25)30(34,35)36/h3-8,11-14,16H,9-10,15H2,1-2H3,(H,39,44). The number of rotatable bonds is 7. The highest BCUT2D eigenvalue weighted by atomic mass is 32.2. The number of halogens is 6. The first kappa shape index (κ1) is 32.5. The molecule has 0 radical (unpaired) electrons. The van der Waals surface area contributed by atoms with Gasteiger partial charge in [-0.1, -0.05) is 23.9 Å². The number of urea groups is 1. The summed E-state index contributed by atoms with van der Waals surface area (Å²) in [5.74, 6) is -0.171. The Balaban J connectivity index is 1.30. The third-order valence-electron chi connectivity index (χ3n) is 6.65. The second kappa shape index (κ2) is 12.9. The number of carbonyl (C=O) groups is 2. The van der Waals surface area contributed by atoms with Crippen molar-refractivity contribution in [1.29, 1.82) is 0 Å². The fraction of sp³-hybridized carbons (Fsp3) is 0.233. The molecule has 4 aromatic rings. The van der Waals surface area contributed by atoms with Crippen LogP contribution in [0.2, 0.25) is 0 Å². The second-order valence-electron chi connectivity index (χ2n) is 10.1. The minimum absolute atomic E-state index is 0.0328. The Kier molecular flexibility index (Phi) is 9.10. The molecule has 0 spiro atoms. The molecule has 1 saturated heterocycles. The van der Waals surface area contributed by atoms with Gasteiger partial charge in [0.2, 0.25) is 5.91 Å². The maximum absolute atomic E-state index is 12.9. The van der Waals surface area contributed by atoms with Gasteiger partial charge in [0, 0.05) is 23.6 Å². The molecule has 3 heterocycles. The van der Waals surface area contributed by atoms with E-state index in [-0.39, 0.29) is 28.2 Å². The van der Waals surface area contributed by atoms with E-state index in [1.54, 1.807) is 50.4 Å². The van der Waals surface area contributed by atoms with Gasteiger partial charge < -0.3 is 10.1 Å². The normalized spacial score (nSPS) is 14.7. The highest BCUT2D eigenvalue weighted by Crippen LogP contribution is 2.36. The van der Waals surface area contributed by atoms with Gasteiger partial charge in [-0.05, 0) is 61.4 Å². The summed E-state index contributed by atoms with van der Waals surface area (Å²) >= 11 is 1.000. The van der Waals surface area contributed by atoms with Crippen LogP contribution in [0, 0.1) is 13.8 Å². The maximum Gasteiger partial charge on any atom is 0.417 e. The zero-order valence-electron chi connectivity index (χ0n) is 24.1. The van der Waals surface area contributed by atoms with Gasteiger partial charge in [-0.2, -0.15) is 31.3 Å². The average molecular weight is 663 g/mol. The Hall–Kier alpha value is -4.86. The van der Waals surface area contributed by atoms with Crippen molar-refractivity contribution in [3.05, 3.63) is 83.9 Å². The monoisotopic (exact) mass is 662 g/mol. The average Bonchev–Trinajstić information content (AvgIpc) is 3.61. The molecule has 2 aromatic heterocycles. The second-order valence-corrected chi connectivity index (χ2v) is 11.1. The number of ether oxygens (including phenoxy) is 1. The molecule has 16 heteroatoms. The number of alkyl halides is 6. The lowest BCUT2D eigenvalue weighted by molar-refractivity contribution is -0.140. The molecule has 1 aliphatic rings. The van der Waals surface area contributed by atoms with Crippen LogP contribution in [0.15, 0.2) is 72.2 Å². The lowest BCUT2D eigenvalue weighted by Gasteiger charge is -2.21. The van der Waals surface area contributed by atoms with Gasteiger partial charge in [0.25, 0.3) is 0 Å². The number of hydrogen-bond acceptors (Lipinski definition) is 6. The number of aryl methyl sites for hydroxylation is 2. The van der Waals surface area contributed by atoms with Crippen molar-refractivity contribution in [2.45, 2.75) is 32.6 Å². The Bertz CT molecular complexity index is 1800. The lowest BCUT2D eigenvalue weighted by atomic mass is 10.1.